The van der Waals surface area contributed by atoms with Crippen molar-refractivity contribution < 1.29 is 13.9 Å². The summed E-state index contributed by atoms with van der Waals surface area (Å²) in [4.78, 5) is 4.79. The van der Waals surface area contributed by atoms with Crippen LogP contribution in [0.5, 0.6) is 11.5 Å². The van der Waals surface area contributed by atoms with E-state index in [0.717, 1.165) is 22.4 Å². The molecular formula is C23H20ClFN2O2. The molecule has 0 aliphatic heterocycles. The van der Waals surface area contributed by atoms with E-state index in [-0.39, 0.29) is 5.82 Å². The third kappa shape index (κ3) is 3.78. The van der Waals surface area contributed by atoms with Crippen LogP contribution in [-0.4, -0.2) is 23.8 Å². The van der Waals surface area contributed by atoms with Gasteiger partial charge in [-0.25, -0.2) is 9.37 Å². The molecule has 4 nitrogen and oxygen atoms in total. The van der Waals surface area contributed by atoms with Gasteiger partial charge in [-0.2, -0.15) is 0 Å². The van der Waals surface area contributed by atoms with Crippen LogP contribution < -0.4 is 9.47 Å². The lowest BCUT2D eigenvalue weighted by Crippen LogP contribution is -2.08. The van der Waals surface area contributed by atoms with Gasteiger partial charge in [-0.1, -0.05) is 35.9 Å². The number of hydrogen-bond acceptors (Lipinski definition) is 3. The number of rotatable bonds is 6. The van der Waals surface area contributed by atoms with E-state index in [4.69, 9.17) is 26.1 Å². The molecule has 6 heteroatoms. The second kappa shape index (κ2) is 8.13. The Kier molecular flexibility index (Phi) is 5.41. The minimum absolute atomic E-state index is 0.300. The summed E-state index contributed by atoms with van der Waals surface area (Å²) in [6.45, 7) is 0.300. The number of nitrogens with zero attached hydrogens (tertiary/aromatic N) is 2. The van der Waals surface area contributed by atoms with Gasteiger partial charge in [0.15, 0.2) is 11.5 Å². The topological polar surface area (TPSA) is 36.3 Å². The summed E-state index contributed by atoms with van der Waals surface area (Å²) < 4.78 is 27.2. The molecule has 29 heavy (non-hydrogen) atoms. The van der Waals surface area contributed by atoms with Crippen molar-refractivity contribution in [3.63, 3.8) is 0 Å². The molecule has 4 aromatic rings. The third-order valence-electron chi connectivity index (χ3n) is 4.92. The van der Waals surface area contributed by atoms with Crippen LogP contribution in [0.15, 0.2) is 60.7 Å². The highest BCUT2D eigenvalue weighted by Crippen LogP contribution is 2.30. The fraction of sp³-hybridized carbons (Fsp3) is 0.174. The predicted molar refractivity (Wildman–Crippen MR) is 113 cm³/mol. The van der Waals surface area contributed by atoms with Crippen molar-refractivity contribution >= 4 is 22.6 Å². The highest BCUT2D eigenvalue weighted by atomic mass is 35.5. The van der Waals surface area contributed by atoms with Crippen molar-refractivity contribution in [3.8, 4) is 11.5 Å². The SMILES string of the molecule is COc1ccc(Cc2nc3ccccc3n2Cc2c(F)cccc2Cl)cc1OC. The molecule has 0 amide bonds. The van der Waals surface area contributed by atoms with Gasteiger partial charge < -0.3 is 14.0 Å². The molecule has 0 saturated heterocycles. The number of para-hydroxylation sites is 2. The molecule has 4 rings (SSSR count). The van der Waals surface area contributed by atoms with E-state index in [1.807, 2.05) is 47.0 Å². The lowest BCUT2D eigenvalue weighted by molar-refractivity contribution is 0.354. The van der Waals surface area contributed by atoms with Crippen molar-refractivity contribution in [3.05, 3.63) is 88.5 Å². The second-order valence-corrected chi connectivity index (χ2v) is 7.08. The number of imidazole rings is 1. The van der Waals surface area contributed by atoms with Gasteiger partial charge in [0.2, 0.25) is 0 Å². The van der Waals surface area contributed by atoms with Crippen molar-refractivity contribution in [1.82, 2.24) is 9.55 Å². The smallest absolute Gasteiger partial charge is 0.161 e. The first-order chi connectivity index (χ1) is 14.1. The standard InChI is InChI=1S/C23H20ClFN2O2/c1-28-21-11-10-15(12-22(21)29-2)13-23-26-19-8-3-4-9-20(19)27(23)14-16-17(24)6-5-7-18(16)25/h3-12H,13-14H2,1-2H3. The molecule has 0 radical (unpaired) electrons. The normalized spacial score (nSPS) is 11.0. The first-order valence-corrected chi connectivity index (χ1v) is 9.56. The van der Waals surface area contributed by atoms with Gasteiger partial charge in [0.05, 0.1) is 31.8 Å². The fourth-order valence-electron chi connectivity index (χ4n) is 3.45. The zero-order valence-electron chi connectivity index (χ0n) is 16.2. The van der Waals surface area contributed by atoms with Crippen molar-refractivity contribution in [1.29, 1.82) is 0 Å². The zero-order valence-corrected chi connectivity index (χ0v) is 16.9. The highest BCUT2D eigenvalue weighted by Gasteiger charge is 2.16. The lowest BCUT2D eigenvalue weighted by atomic mass is 10.1. The molecule has 0 aliphatic rings. The van der Waals surface area contributed by atoms with Gasteiger partial charge in [-0.15, -0.1) is 0 Å². The lowest BCUT2D eigenvalue weighted by Gasteiger charge is -2.13. The average Bonchev–Trinajstić information content (AvgIpc) is 3.07. The van der Waals surface area contributed by atoms with Crippen molar-refractivity contribution in [2.45, 2.75) is 13.0 Å². The van der Waals surface area contributed by atoms with E-state index >= 15 is 0 Å². The van der Waals surface area contributed by atoms with Gasteiger partial charge in [0.1, 0.15) is 11.6 Å². The van der Waals surface area contributed by atoms with E-state index in [1.165, 1.54) is 6.07 Å². The Balaban J connectivity index is 1.78. The average molecular weight is 411 g/mol. The summed E-state index contributed by atoms with van der Waals surface area (Å²) in [6.07, 6.45) is 0.557. The number of methoxy groups -OCH3 is 2. The molecule has 0 bridgehead atoms. The Labute approximate surface area is 173 Å². The summed E-state index contributed by atoms with van der Waals surface area (Å²) in [6, 6.07) is 18.3. The maximum atomic E-state index is 14.4. The number of halogens is 2. The number of benzene rings is 3. The molecular weight excluding hydrogens is 391 g/mol. The van der Waals surface area contributed by atoms with Crippen LogP contribution in [0.2, 0.25) is 5.02 Å². The van der Waals surface area contributed by atoms with Crippen LogP contribution in [0, 0.1) is 5.82 Å². The summed E-state index contributed by atoms with van der Waals surface area (Å²) in [5.74, 6) is 1.82. The highest BCUT2D eigenvalue weighted by molar-refractivity contribution is 6.31. The van der Waals surface area contributed by atoms with Crippen LogP contribution in [0.25, 0.3) is 11.0 Å². The van der Waals surface area contributed by atoms with Crippen LogP contribution in [0.4, 0.5) is 4.39 Å². The summed E-state index contributed by atoms with van der Waals surface area (Å²) >= 11 is 6.28. The number of fused-ring (bicyclic) bond motifs is 1. The number of aromatic nitrogens is 2. The molecule has 1 heterocycles. The Hall–Kier alpha value is -3.05. The molecule has 0 aliphatic carbocycles. The first-order valence-electron chi connectivity index (χ1n) is 9.18. The van der Waals surface area contributed by atoms with Crippen LogP contribution in [0.3, 0.4) is 0 Å². The molecule has 0 N–H and O–H groups in total. The van der Waals surface area contributed by atoms with Crippen molar-refractivity contribution in [2.24, 2.45) is 0 Å². The molecule has 0 fully saturated rings. The molecule has 1 aromatic heterocycles. The Morgan fingerprint density at radius 2 is 1.76 bits per heavy atom. The van der Waals surface area contributed by atoms with Crippen LogP contribution in [0.1, 0.15) is 17.0 Å². The van der Waals surface area contributed by atoms with Gasteiger partial charge in [0, 0.05) is 17.0 Å². The Bertz CT molecular complexity index is 1150. The summed E-state index contributed by atoms with van der Waals surface area (Å²) in [7, 11) is 3.21. The minimum Gasteiger partial charge on any atom is -0.493 e. The van der Waals surface area contributed by atoms with Gasteiger partial charge in [-0.05, 0) is 42.0 Å². The largest absolute Gasteiger partial charge is 0.493 e. The molecule has 0 saturated carbocycles. The predicted octanol–water partition coefficient (Wildman–Crippen LogP) is 5.49. The zero-order chi connectivity index (χ0) is 20.4. The molecule has 0 unspecified atom stereocenters. The van der Waals surface area contributed by atoms with E-state index in [2.05, 4.69) is 0 Å². The summed E-state index contributed by atoms with van der Waals surface area (Å²) in [5, 5.41) is 0.403. The second-order valence-electron chi connectivity index (χ2n) is 6.67. The third-order valence-corrected chi connectivity index (χ3v) is 5.28. The summed E-state index contributed by atoms with van der Waals surface area (Å²) in [5.41, 5.74) is 3.25. The molecule has 148 valence electrons. The van der Waals surface area contributed by atoms with Gasteiger partial charge >= 0.3 is 0 Å². The van der Waals surface area contributed by atoms with Gasteiger partial charge in [-0.3, -0.25) is 0 Å². The first kappa shape index (κ1) is 19.3. The molecule has 0 atom stereocenters. The molecule has 3 aromatic carbocycles. The quantitative estimate of drug-likeness (QED) is 0.422. The maximum Gasteiger partial charge on any atom is 0.161 e. The van der Waals surface area contributed by atoms with E-state index in [1.54, 1.807) is 26.4 Å². The van der Waals surface area contributed by atoms with Gasteiger partial charge in [0.25, 0.3) is 0 Å². The Morgan fingerprint density at radius 3 is 2.52 bits per heavy atom. The molecule has 0 spiro atoms. The number of ether oxygens (including phenoxy) is 2. The Morgan fingerprint density at radius 1 is 0.966 bits per heavy atom. The van der Waals surface area contributed by atoms with E-state index in [9.17, 15) is 4.39 Å². The van der Waals surface area contributed by atoms with Crippen LogP contribution in [-0.2, 0) is 13.0 Å². The van der Waals surface area contributed by atoms with E-state index in [0.29, 0.717) is 35.1 Å². The van der Waals surface area contributed by atoms with E-state index < -0.39 is 0 Å². The fourth-order valence-corrected chi connectivity index (χ4v) is 3.67. The van der Waals surface area contributed by atoms with Crippen LogP contribution >= 0.6 is 11.6 Å². The number of hydrogen-bond donors (Lipinski definition) is 0. The minimum atomic E-state index is -0.327. The van der Waals surface area contributed by atoms with Crippen molar-refractivity contribution in [2.75, 3.05) is 14.2 Å². The monoisotopic (exact) mass is 410 g/mol. The maximum absolute atomic E-state index is 14.4.